The highest BCUT2D eigenvalue weighted by molar-refractivity contribution is 7.99. The number of rotatable bonds is 10. The number of hydrogen-bond acceptors (Lipinski definition) is 4. The zero-order chi connectivity index (χ0) is 18.6. The average Bonchev–Trinajstić information content (AvgIpc) is 2.67. The maximum absolute atomic E-state index is 12.0. The number of thioether (sulfide) groups is 1. The molecule has 0 saturated carbocycles. The van der Waals surface area contributed by atoms with Crippen LogP contribution in [0, 0.1) is 0 Å². The van der Waals surface area contributed by atoms with Gasteiger partial charge < -0.3 is 15.4 Å². The Hall–Kier alpha value is -2.47. The smallest absolute Gasteiger partial charge is 0.251 e. The lowest BCUT2D eigenvalue weighted by Gasteiger charge is -2.08. The minimum atomic E-state index is -0.275. The fraction of sp³-hybridized carbons (Fsp3) is 0.300. The van der Waals surface area contributed by atoms with Crippen molar-refractivity contribution in [3.8, 4) is 5.75 Å². The first-order valence-electron chi connectivity index (χ1n) is 8.64. The number of hydrogen-bond donors (Lipinski definition) is 2. The van der Waals surface area contributed by atoms with E-state index in [-0.39, 0.29) is 18.4 Å². The summed E-state index contributed by atoms with van der Waals surface area (Å²) in [6.07, 6.45) is 0.873. The van der Waals surface area contributed by atoms with E-state index >= 15 is 0 Å². The summed E-state index contributed by atoms with van der Waals surface area (Å²) < 4.78 is 5.33. The summed E-state index contributed by atoms with van der Waals surface area (Å²) in [5, 5.41) is 5.43. The molecule has 2 amide bonds. The summed E-state index contributed by atoms with van der Waals surface area (Å²) in [6, 6.07) is 17.0. The van der Waals surface area contributed by atoms with Gasteiger partial charge in [-0.25, -0.2) is 0 Å². The van der Waals surface area contributed by atoms with Gasteiger partial charge in [0.05, 0.1) is 13.2 Å². The summed E-state index contributed by atoms with van der Waals surface area (Å²) >= 11 is 1.76. The fourth-order valence-corrected chi connectivity index (χ4v) is 3.08. The Morgan fingerprint density at radius 2 is 1.73 bits per heavy atom. The Morgan fingerprint density at radius 3 is 2.42 bits per heavy atom. The summed E-state index contributed by atoms with van der Waals surface area (Å²) in [5.41, 5.74) is 0.500. The normalized spacial score (nSPS) is 10.2. The van der Waals surface area contributed by atoms with Gasteiger partial charge in [0.25, 0.3) is 5.91 Å². The van der Waals surface area contributed by atoms with Gasteiger partial charge in [-0.1, -0.05) is 18.2 Å². The van der Waals surface area contributed by atoms with E-state index in [4.69, 9.17) is 4.74 Å². The molecule has 2 rings (SSSR count). The van der Waals surface area contributed by atoms with Crippen molar-refractivity contribution in [2.45, 2.75) is 18.2 Å². The molecule has 0 unspecified atom stereocenters. The molecule has 0 saturated heterocycles. The number of nitrogens with one attached hydrogen (secondary N) is 2. The maximum Gasteiger partial charge on any atom is 0.251 e. The van der Waals surface area contributed by atoms with E-state index in [1.54, 1.807) is 36.0 Å². The third-order valence-corrected chi connectivity index (χ3v) is 4.59. The van der Waals surface area contributed by atoms with E-state index in [2.05, 4.69) is 22.8 Å². The second-order valence-electron chi connectivity index (χ2n) is 5.51. The van der Waals surface area contributed by atoms with Gasteiger partial charge >= 0.3 is 0 Å². The topological polar surface area (TPSA) is 67.4 Å². The molecule has 2 aromatic carbocycles. The van der Waals surface area contributed by atoms with E-state index in [1.807, 2.05) is 25.1 Å². The third-order valence-electron chi connectivity index (χ3n) is 3.49. The Labute approximate surface area is 158 Å². The molecular weight excluding hydrogens is 348 g/mol. The number of carbonyl (C=O) groups excluding carboxylic acids is 2. The minimum absolute atomic E-state index is 0.0299. The molecular formula is C20H24N2O3S. The van der Waals surface area contributed by atoms with Crippen molar-refractivity contribution in [2.24, 2.45) is 0 Å². The van der Waals surface area contributed by atoms with Gasteiger partial charge in [0, 0.05) is 17.0 Å². The second-order valence-corrected chi connectivity index (χ2v) is 6.67. The highest BCUT2D eigenvalue weighted by Gasteiger charge is 2.08. The maximum atomic E-state index is 12.0. The standard InChI is InChI=1S/C20H24N2O3S/c1-2-25-17-11-9-16(10-12-17)20(24)22-15-19(23)21-13-6-14-26-18-7-4-3-5-8-18/h3-5,7-12H,2,6,13-15H2,1H3,(H,21,23)(H,22,24). The zero-order valence-electron chi connectivity index (χ0n) is 14.9. The predicted octanol–water partition coefficient (Wildman–Crippen LogP) is 3.11. The van der Waals surface area contributed by atoms with Crippen molar-refractivity contribution in [1.29, 1.82) is 0 Å². The fourth-order valence-electron chi connectivity index (χ4n) is 2.20. The second kappa shape index (κ2) is 11.2. The monoisotopic (exact) mass is 372 g/mol. The van der Waals surface area contributed by atoms with Crippen LogP contribution in [0.3, 0.4) is 0 Å². The van der Waals surface area contributed by atoms with Crippen LogP contribution in [0.1, 0.15) is 23.7 Å². The van der Waals surface area contributed by atoms with Crippen molar-refractivity contribution in [3.05, 3.63) is 60.2 Å². The van der Waals surface area contributed by atoms with Crippen molar-refractivity contribution in [3.63, 3.8) is 0 Å². The molecule has 0 spiro atoms. The molecule has 0 fully saturated rings. The van der Waals surface area contributed by atoms with Crippen LogP contribution >= 0.6 is 11.8 Å². The largest absolute Gasteiger partial charge is 0.494 e. The van der Waals surface area contributed by atoms with E-state index in [1.165, 1.54) is 4.90 Å². The van der Waals surface area contributed by atoms with Crippen LogP contribution in [0.15, 0.2) is 59.5 Å². The van der Waals surface area contributed by atoms with Crippen molar-refractivity contribution >= 4 is 23.6 Å². The van der Waals surface area contributed by atoms with Crippen LogP contribution in [-0.4, -0.2) is 37.3 Å². The quantitative estimate of drug-likeness (QED) is 0.497. The van der Waals surface area contributed by atoms with Crippen molar-refractivity contribution < 1.29 is 14.3 Å². The first kappa shape index (κ1) is 19.8. The lowest BCUT2D eigenvalue weighted by atomic mass is 10.2. The number of carbonyl (C=O) groups is 2. The van der Waals surface area contributed by atoms with Crippen LogP contribution in [0.4, 0.5) is 0 Å². The van der Waals surface area contributed by atoms with Crippen molar-refractivity contribution in [1.82, 2.24) is 10.6 Å². The highest BCUT2D eigenvalue weighted by Crippen LogP contribution is 2.17. The van der Waals surface area contributed by atoms with Gasteiger partial charge in [0.1, 0.15) is 5.75 Å². The Kier molecular flexibility index (Phi) is 8.55. The van der Waals surface area contributed by atoms with Crippen LogP contribution in [0.25, 0.3) is 0 Å². The molecule has 0 aliphatic carbocycles. The van der Waals surface area contributed by atoms with Crippen LogP contribution in [-0.2, 0) is 4.79 Å². The van der Waals surface area contributed by atoms with Gasteiger partial charge in [-0.3, -0.25) is 9.59 Å². The lowest BCUT2D eigenvalue weighted by Crippen LogP contribution is -2.37. The third kappa shape index (κ3) is 7.19. The first-order valence-corrected chi connectivity index (χ1v) is 9.63. The molecule has 0 aliphatic rings. The molecule has 0 bridgehead atoms. The first-order chi connectivity index (χ1) is 12.7. The predicted molar refractivity (Wildman–Crippen MR) is 105 cm³/mol. The van der Waals surface area contributed by atoms with Crippen LogP contribution < -0.4 is 15.4 Å². The Balaban J connectivity index is 1.59. The molecule has 6 heteroatoms. The molecule has 0 aromatic heterocycles. The van der Waals surface area contributed by atoms with E-state index in [9.17, 15) is 9.59 Å². The zero-order valence-corrected chi connectivity index (χ0v) is 15.7. The van der Waals surface area contributed by atoms with Crippen molar-refractivity contribution in [2.75, 3.05) is 25.4 Å². The molecule has 0 heterocycles. The van der Waals surface area contributed by atoms with Crippen LogP contribution in [0.5, 0.6) is 5.75 Å². The number of ether oxygens (including phenoxy) is 1. The van der Waals surface area contributed by atoms with E-state index < -0.39 is 0 Å². The summed E-state index contributed by atoms with van der Waals surface area (Å²) in [4.78, 5) is 25.0. The Bertz CT molecular complexity index is 690. The van der Waals surface area contributed by atoms with Gasteiger partial charge in [-0.05, 0) is 55.5 Å². The van der Waals surface area contributed by atoms with E-state index in [0.717, 1.165) is 17.9 Å². The Morgan fingerprint density at radius 1 is 1.00 bits per heavy atom. The molecule has 0 atom stereocenters. The average molecular weight is 372 g/mol. The van der Waals surface area contributed by atoms with Gasteiger partial charge in [0.2, 0.25) is 5.91 Å². The molecule has 0 radical (unpaired) electrons. The summed E-state index contributed by atoms with van der Waals surface area (Å²) in [5.74, 6) is 1.19. The molecule has 5 nitrogen and oxygen atoms in total. The minimum Gasteiger partial charge on any atom is -0.494 e. The van der Waals surface area contributed by atoms with E-state index in [0.29, 0.717) is 18.7 Å². The van der Waals surface area contributed by atoms with Crippen LogP contribution in [0.2, 0.25) is 0 Å². The molecule has 26 heavy (non-hydrogen) atoms. The van der Waals surface area contributed by atoms with Gasteiger partial charge in [-0.2, -0.15) is 0 Å². The number of benzene rings is 2. The molecule has 0 aliphatic heterocycles. The summed E-state index contributed by atoms with van der Waals surface area (Å²) in [7, 11) is 0. The SMILES string of the molecule is CCOc1ccc(C(=O)NCC(=O)NCCCSc2ccccc2)cc1. The van der Waals surface area contributed by atoms with Gasteiger partial charge in [0.15, 0.2) is 0 Å². The molecule has 2 N–H and O–H groups in total. The molecule has 2 aromatic rings. The molecule has 138 valence electrons. The highest BCUT2D eigenvalue weighted by atomic mass is 32.2. The summed E-state index contributed by atoms with van der Waals surface area (Å²) in [6.45, 7) is 3.05. The number of amides is 2. The van der Waals surface area contributed by atoms with Gasteiger partial charge in [-0.15, -0.1) is 11.8 Å². The lowest BCUT2D eigenvalue weighted by molar-refractivity contribution is -0.120.